The Labute approximate surface area is 158 Å². The van der Waals surface area contributed by atoms with Crippen molar-refractivity contribution in [3.05, 3.63) is 65.3 Å². The van der Waals surface area contributed by atoms with E-state index in [1.807, 2.05) is 19.1 Å². The van der Waals surface area contributed by atoms with Gasteiger partial charge in [0.2, 0.25) is 5.89 Å². The molecule has 3 aromatic rings. The molecule has 0 fully saturated rings. The molecule has 1 aliphatic heterocycles. The van der Waals surface area contributed by atoms with Crippen molar-refractivity contribution in [2.24, 2.45) is 0 Å². The Morgan fingerprint density at radius 3 is 2.78 bits per heavy atom. The summed E-state index contributed by atoms with van der Waals surface area (Å²) in [6.45, 7) is 6.91. The van der Waals surface area contributed by atoms with E-state index in [4.69, 9.17) is 14.1 Å². The molecule has 1 atom stereocenters. The zero-order valence-electron chi connectivity index (χ0n) is 15.8. The second-order valence-corrected chi connectivity index (χ2v) is 6.86. The molecule has 6 heteroatoms. The van der Waals surface area contributed by atoms with Crippen molar-refractivity contribution in [3.8, 4) is 11.5 Å². The SMILES string of the molecule is COC(=O)c1ccc(-c2nc(CN3CCn4cccc4[C@H]3C)c(C)o2)cc1. The minimum atomic E-state index is -0.352. The van der Waals surface area contributed by atoms with E-state index >= 15 is 0 Å². The molecule has 6 nitrogen and oxygen atoms in total. The summed E-state index contributed by atoms with van der Waals surface area (Å²) >= 11 is 0. The maximum absolute atomic E-state index is 11.6. The molecule has 0 saturated heterocycles. The lowest BCUT2D eigenvalue weighted by Crippen LogP contribution is -2.36. The van der Waals surface area contributed by atoms with Crippen molar-refractivity contribution < 1.29 is 13.9 Å². The average molecular weight is 365 g/mol. The summed E-state index contributed by atoms with van der Waals surface area (Å²) in [5.74, 6) is 1.05. The number of benzene rings is 1. The Balaban J connectivity index is 1.53. The van der Waals surface area contributed by atoms with Crippen molar-refractivity contribution >= 4 is 5.97 Å². The molecule has 0 radical (unpaired) electrons. The predicted molar refractivity (Wildman–Crippen MR) is 101 cm³/mol. The number of nitrogens with zero attached hydrogens (tertiary/aromatic N) is 3. The first kappa shape index (κ1) is 17.5. The summed E-state index contributed by atoms with van der Waals surface area (Å²) in [5, 5.41) is 0. The van der Waals surface area contributed by atoms with Crippen molar-refractivity contribution in [3.63, 3.8) is 0 Å². The third-order valence-electron chi connectivity index (χ3n) is 5.27. The molecule has 0 N–H and O–H groups in total. The van der Waals surface area contributed by atoms with Crippen LogP contribution in [0, 0.1) is 6.92 Å². The average Bonchev–Trinajstić information content (AvgIpc) is 3.31. The third kappa shape index (κ3) is 3.28. The second kappa shape index (κ2) is 7.04. The highest BCUT2D eigenvalue weighted by Gasteiger charge is 2.25. The van der Waals surface area contributed by atoms with Crippen molar-refractivity contribution in [2.75, 3.05) is 13.7 Å². The number of hydrogen-bond donors (Lipinski definition) is 0. The summed E-state index contributed by atoms with van der Waals surface area (Å²) < 4.78 is 12.9. The van der Waals surface area contributed by atoms with Crippen LogP contribution in [0.1, 0.15) is 40.5 Å². The molecule has 1 aliphatic rings. The molecular weight excluding hydrogens is 342 g/mol. The fourth-order valence-electron chi connectivity index (χ4n) is 3.60. The van der Waals surface area contributed by atoms with E-state index in [1.54, 1.807) is 12.1 Å². The fourth-order valence-corrected chi connectivity index (χ4v) is 3.60. The first-order valence-electron chi connectivity index (χ1n) is 9.11. The molecule has 0 aliphatic carbocycles. The van der Waals surface area contributed by atoms with Crippen LogP contribution in [-0.4, -0.2) is 34.1 Å². The number of aryl methyl sites for hydroxylation is 1. The highest BCUT2D eigenvalue weighted by atomic mass is 16.5. The first-order chi connectivity index (χ1) is 13.1. The number of esters is 1. The number of methoxy groups -OCH3 is 1. The maximum Gasteiger partial charge on any atom is 0.337 e. The molecule has 4 rings (SSSR count). The van der Waals surface area contributed by atoms with Gasteiger partial charge in [0.25, 0.3) is 0 Å². The zero-order valence-corrected chi connectivity index (χ0v) is 15.8. The standard InChI is InChI=1S/C21H23N3O3/c1-14-19-5-4-10-23(19)11-12-24(14)13-18-15(2)27-20(22-18)16-6-8-17(9-7-16)21(25)26-3/h4-10,14H,11-13H2,1-3H3/t14-/m1/s1. The van der Waals surface area contributed by atoms with E-state index in [9.17, 15) is 4.79 Å². The number of ether oxygens (including phenoxy) is 1. The van der Waals surface area contributed by atoms with Crippen LogP contribution >= 0.6 is 0 Å². The quantitative estimate of drug-likeness (QED) is 0.658. The molecule has 0 saturated carbocycles. The van der Waals surface area contributed by atoms with Crippen molar-refractivity contribution in [1.82, 2.24) is 14.5 Å². The summed E-state index contributed by atoms with van der Waals surface area (Å²) in [4.78, 5) is 18.7. The molecule has 0 unspecified atom stereocenters. The first-order valence-corrected chi connectivity index (χ1v) is 9.11. The van der Waals surface area contributed by atoms with Gasteiger partial charge >= 0.3 is 5.97 Å². The second-order valence-electron chi connectivity index (χ2n) is 6.86. The van der Waals surface area contributed by atoms with Crippen molar-refractivity contribution in [1.29, 1.82) is 0 Å². The molecule has 27 heavy (non-hydrogen) atoms. The van der Waals surface area contributed by atoms with Gasteiger partial charge in [-0.1, -0.05) is 0 Å². The minimum Gasteiger partial charge on any atom is -0.465 e. The van der Waals surface area contributed by atoms with Gasteiger partial charge in [0.05, 0.1) is 18.4 Å². The van der Waals surface area contributed by atoms with Crippen LogP contribution in [0.4, 0.5) is 0 Å². The number of oxazole rings is 1. The number of carbonyl (C=O) groups excluding carboxylic acids is 1. The van der Waals surface area contributed by atoms with Crippen LogP contribution in [0.3, 0.4) is 0 Å². The molecule has 140 valence electrons. The normalized spacial score (nSPS) is 16.9. The van der Waals surface area contributed by atoms with E-state index in [1.165, 1.54) is 12.8 Å². The summed E-state index contributed by atoms with van der Waals surface area (Å²) in [5.41, 5.74) is 3.64. The van der Waals surface area contributed by atoms with Gasteiger partial charge in [0, 0.05) is 43.1 Å². The largest absolute Gasteiger partial charge is 0.465 e. The number of hydrogen-bond acceptors (Lipinski definition) is 5. The van der Waals surface area contributed by atoms with E-state index in [0.717, 1.165) is 36.7 Å². The summed E-state index contributed by atoms with van der Waals surface area (Å²) in [6, 6.07) is 11.7. The molecule has 2 aromatic heterocycles. The van der Waals surface area contributed by atoms with Crippen LogP contribution in [0.15, 0.2) is 47.0 Å². The number of rotatable bonds is 4. The Morgan fingerprint density at radius 1 is 1.26 bits per heavy atom. The number of carbonyl (C=O) groups is 1. The van der Waals surface area contributed by atoms with Crippen LogP contribution in [-0.2, 0) is 17.8 Å². The molecule has 0 bridgehead atoms. The fraction of sp³-hybridized carbons (Fsp3) is 0.333. The van der Waals surface area contributed by atoms with Gasteiger partial charge in [-0.2, -0.15) is 0 Å². The Morgan fingerprint density at radius 2 is 2.04 bits per heavy atom. The van der Waals surface area contributed by atoms with Crippen LogP contribution < -0.4 is 0 Å². The maximum atomic E-state index is 11.6. The molecule has 3 heterocycles. The highest BCUT2D eigenvalue weighted by molar-refractivity contribution is 5.89. The number of aromatic nitrogens is 2. The highest BCUT2D eigenvalue weighted by Crippen LogP contribution is 2.29. The Kier molecular flexibility index (Phi) is 4.58. The zero-order chi connectivity index (χ0) is 19.0. The topological polar surface area (TPSA) is 60.5 Å². The smallest absolute Gasteiger partial charge is 0.337 e. The molecular formula is C21H23N3O3. The summed E-state index contributed by atoms with van der Waals surface area (Å²) in [7, 11) is 1.37. The van der Waals surface area contributed by atoms with Crippen molar-refractivity contribution in [2.45, 2.75) is 33.0 Å². The van der Waals surface area contributed by atoms with E-state index in [-0.39, 0.29) is 5.97 Å². The van der Waals surface area contributed by atoms with Gasteiger partial charge in [-0.3, -0.25) is 4.90 Å². The molecule has 0 amide bonds. The van der Waals surface area contributed by atoms with Gasteiger partial charge in [-0.25, -0.2) is 9.78 Å². The van der Waals surface area contributed by atoms with Gasteiger partial charge in [-0.15, -0.1) is 0 Å². The lowest BCUT2D eigenvalue weighted by atomic mass is 10.1. The van der Waals surface area contributed by atoms with Gasteiger partial charge < -0.3 is 13.7 Å². The molecule has 0 spiro atoms. The number of fused-ring (bicyclic) bond motifs is 1. The predicted octanol–water partition coefficient (Wildman–Crippen LogP) is 3.81. The van der Waals surface area contributed by atoms with Crippen LogP contribution in [0.5, 0.6) is 0 Å². The molecule has 1 aromatic carbocycles. The minimum absolute atomic E-state index is 0.340. The monoisotopic (exact) mass is 365 g/mol. The van der Waals surface area contributed by atoms with Gasteiger partial charge in [0.15, 0.2) is 0 Å². The Bertz CT molecular complexity index is 955. The third-order valence-corrected chi connectivity index (χ3v) is 5.27. The Hall–Kier alpha value is -2.86. The van der Waals surface area contributed by atoms with E-state index in [2.05, 4.69) is 34.7 Å². The lowest BCUT2D eigenvalue weighted by Gasteiger charge is -2.34. The van der Waals surface area contributed by atoms with E-state index < -0.39 is 0 Å². The summed E-state index contributed by atoms with van der Waals surface area (Å²) in [6.07, 6.45) is 2.14. The van der Waals surface area contributed by atoms with Gasteiger partial charge in [-0.05, 0) is 50.2 Å². The lowest BCUT2D eigenvalue weighted by molar-refractivity contribution is 0.0600. The van der Waals surface area contributed by atoms with Crippen LogP contribution in [0.2, 0.25) is 0 Å². The van der Waals surface area contributed by atoms with E-state index in [0.29, 0.717) is 17.5 Å². The van der Waals surface area contributed by atoms with Gasteiger partial charge in [0.1, 0.15) is 5.76 Å². The van der Waals surface area contributed by atoms with Crippen LogP contribution in [0.25, 0.3) is 11.5 Å².